The van der Waals surface area contributed by atoms with Gasteiger partial charge in [-0.15, -0.1) is 0 Å². The molecule has 2 heterocycles. The second-order valence-electron chi connectivity index (χ2n) is 5.46. The number of ether oxygens (including phenoxy) is 1. The number of carbonyl (C=O) groups excluding carboxylic acids is 1. The van der Waals surface area contributed by atoms with Gasteiger partial charge in [-0.1, -0.05) is 30.3 Å². The summed E-state index contributed by atoms with van der Waals surface area (Å²) in [5, 5.41) is 10.3. The SMILES string of the molecule is COC(=O)C1=C(O)[C@H]2CC[C@@H](C1)N2Cc1ccccc1. The van der Waals surface area contributed by atoms with Gasteiger partial charge in [0, 0.05) is 12.6 Å². The van der Waals surface area contributed by atoms with E-state index in [4.69, 9.17) is 4.74 Å². The Labute approximate surface area is 118 Å². The molecule has 1 fully saturated rings. The van der Waals surface area contributed by atoms with Crippen molar-refractivity contribution in [2.24, 2.45) is 0 Å². The first-order chi connectivity index (χ1) is 9.70. The van der Waals surface area contributed by atoms with Gasteiger partial charge in [-0.05, 0) is 24.8 Å². The zero-order chi connectivity index (χ0) is 14.1. The molecule has 2 aliphatic heterocycles. The summed E-state index contributed by atoms with van der Waals surface area (Å²) in [7, 11) is 1.36. The van der Waals surface area contributed by atoms with Crippen LogP contribution in [-0.4, -0.2) is 35.2 Å². The fourth-order valence-corrected chi connectivity index (χ4v) is 3.34. The summed E-state index contributed by atoms with van der Waals surface area (Å²) in [6, 6.07) is 10.5. The molecule has 1 aromatic rings. The maximum Gasteiger partial charge on any atom is 0.337 e. The molecule has 0 aliphatic carbocycles. The molecular weight excluding hydrogens is 254 g/mol. The molecule has 106 valence electrons. The Morgan fingerprint density at radius 1 is 1.35 bits per heavy atom. The van der Waals surface area contributed by atoms with Crippen LogP contribution < -0.4 is 0 Å². The minimum Gasteiger partial charge on any atom is -0.510 e. The first-order valence-electron chi connectivity index (χ1n) is 7.00. The lowest BCUT2D eigenvalue weighted by Crippen LogP contribution is -2.42. The summed E-state index contributed by atoms with van der Waals surface area (Å²) in [5.74, 6) is -0.180. The van der Waals surface area contributed by atoms with Crippen molar-refractivity contribution < 1.29 is 14.6 Å². The Hall–Kier alpha value is -1.81. The highest BCUT2D eigenvalue weighted by Gasteiger charge is 2.43. The lowest BCUT2D eigenvalue weighted by atomic mass is 9.98. The summed E-state index contributed by atoms with van der Waals surface area (Å²) >= 11 is 0. The van der Waals surface area contributed by atoms with Crippen molar-refractivity contribution >= 4 is 5.97 Å². The van der Waals surface area contributed by atoms with Gasteiger partial charge in [0.05, 0.1) is 18.7 Å². The number of aliphatic hydroxyl groups excluding tert-OH is 1. The Balaban J connectivity index is 1.83. The summed E-state index contributed by atoms with van der Waals surface area (Å²) in [6.07, 6.45) is 2.51. The number of benzene rings is 1. The Morgan fingerprint density at radius 3 is 2.80 bits per heavy atom. The number of fused-ring (bicyclic) bond motifs is 2. The molecule has 0 amide bonds. The average molecular weight is 273 g/mol. The van der Waals surface area contributed by atoms with Crippen LogP contribution in [0.25, 0.3) is 0 Å². The topological polar surface area (TPSA) is 49.8 Å². The second kappa shape index (κ2) is 5.29. The minimum atomic E-state index is -0.390. The number of aliphatic hydroxyl groups is 1. The molecule has 0 spiro atoms. The molecule has 2 aliphatic rings. The quantitative estimate of drug-likeness (QED) is 0.859. The van der Waals surface area contributed by atoms with Gasteiger partial charge in [0.1, 0.15) is 5.76 Å². The molecule has 1 saturated heterocycles. The van der Waals surface area contributed by atoms with Crippen LogP contribution >= 0.6 is 0 Å². The summed E-state index contributed by atoms with van der Waals surface area (Å²) in [4.78, 5) is 14.0. The number of carbonyl (C=O) groups is 1. The smallest absolute Gasteiger partial charge is 0.337 e. The summed E-state index contributed by atoms with van der Waals surface area (Å²) in [5.41, 5.74) is 1.70. The monoisotopic (exact) mass is 273 g/mol. The van der Waals surface area contributed by atoms with Gasteiger partial charge in [-0.2, -0.15) is 0 Å². The highest BCUT2D eigenvalue weighted by Crippen LogP contribution is 2.39. The van der Waals surface area contributed by atoms with Crippen molar-refractivity contribution in [1.29, 1.82) is 0 Å². The highest BCUT2D eigenvalue weighted by atomic mass is 16.5. The van der Waals surface area contributed by atoms with E-state index >= 15 is 0 Å². The number of esters is 1. The maximum atomic E-state index is 11.7. The number of rotatable bonds is 3. The maximum absolute atomic E-state index is 11.7. The van der Waals surface area contributed by atoms with Gasteiger partial charge in [0.2, 0.25) is 0 Å². The number of methoxy groups -OCH3 is 1. The van der Waals surface area contributed by atoms with Crippen LogP contribution in [0.5, 0.6) is 0 Å². The van der Waals surface area contributed by atoms with E-state index in [2.05, 4.69) is 17.0 Å². The van der Waals surface area contributed by atoms with E-state index in [0.29, 0.717) is 18.0 Å². The van der Waals surface area contributed by atoms with Crippen LogP contribution in [-0.2, 0) is 16.1 Å². The highest BCUT2D eigenvalue weighted by molar-refractivity contribution is 5.89. The van der Waals surface area contributed by atoms with E-state index in [9.17, 15) is 9.90 Å². The molecule has 1 N–H and O–H groups in total. The van der Waals surface area contributed by atoms with Crippen molar-refractivity contribution in [3.05, 3.63) is 47.2 Å². The predicted octanol–water partition coefficient (Wildman–Crippen LogP) is 2.41. The van der Waals surface area contributed by atoms with Crippen molar-refractivity contribution in [1.82, 2.24) is 4.90 Å². The third-order valence-corrected chi connectivity index (χ3v) is 4.35. The molecule has 1 aromatic carbocycles. The van der Waals surface area contributed by atoms with E-state index in [-0.39, 0.29) is 11.8 Å². The first-order valence-corrected chi connectivity index (χ1v) is 7.00. The van der Waals surface area contributed by atoms with Crippen LogP contribution in [0.4, 0.5) is 0 Å². The average Bonchev–Trinajstić information content (AvgIpc) is 2.78. The van der Waals surface area contributed by atoms with E-state index in [1.807, 2.05) is 18.2 Å². The van der Waals surface area contributed by atoms with Crippen molar-refractivity contribution in [2.75, 3.05) is 7.11 Å². The third-order valence-electron chi connectivity index (χ3n) is 4.35. The van der Waals surface area contributed by atoms with E-state index in [0.717, 1.165) is 19.4 Å². The molecular formula is C16H19NO3. The van der Waals surface area contributed by atoms with E-state index < -0.39 is 5.97 Å². The normalized spacial score (nSPS) is 25.9. The number of nitrogens with zero attached hydrogens (tertiary/aromatic N) is 1. The molecule has 2 bridgehead atoms. The van der Waals surface area contributed by atoms with Gasteiger partial charge in [-0.25, -0.2) is 4.79 Å². The fourth-order valence-electron chi connectivity index (χ4n) is 3.34. The van der Waals surface area contributed by atoms with E-state index in [1.54, 1.807) is 0 Å². The number of hydrogen-bond donors (Lipinski definition) is 1. The molecule has 3 rings (SSSR count). The molecule has 4 nitrogen and oxygen atoms in total. The zero-order valence-corrected chi connectivity index (χ0v) is 11.6. The first kappa shape index (κ1) is 13.2. The summed E-state index contributed by atoms with van der Waals surface area (Å²) in [6.45, 7) is 0.814. The molecule has 0 aromatic heterocycles. The van der Waals surface area contributed by atoms with Crippen LogP contribution in [0, 0.1) is 0 Å². The van der Waals surface area contributed by atoms with E-state index in [1.165, 1.54) is 12.7 Å². The van der Waals surface area contributed by atoms with Gasteiger partial charge in [0.15, 0.2) is 0 Å². The van der Waals surface area contributed by atoms with Gasteiger partial charge in [0.25, 0.3) is 0 Å². The Kier molecular flexibility index (Phi) is 3.49. The van der Waals surface area contributed by atoms with Crippen LogP contribution in [0.1, 0.15) is 24.8 Å². The van der Waals surface area contributed by atoms with Crippen LogP contribution in [0.3, 0.4) is 0 Å². The molecule has 4 heteroatoms. The molecule has 20 heavy (non-hydrogen) atoms. The zero-order valence-electron chi connectivity index (χ0n) is 11.6. The van der Waals surface area contributed by atoms with Gasteiger partial charge in [-0.3, -0.25) is 4.90 Å². The van der Waals surface area contributed by atoms with Crippen LogP contribution in [0.15, 0.2) is 41.7 Å². The lowest BCUT2D eigenvalue weighted by molar-refractivity contribution is -0.137. The standard InChI is InChI=1S/C16H19NO3/c1-20-16(19)13-9-12-7-8-14(15(13)18)17(12)10-11-5-3-2-4-6-11/h2-6,12,14,18H,7-10H2,1H3/t12-,14+/m0/s1. The van der Waals surface area contributed by atoms with Crippen molar-refractivity contribution in [3.63, 3.8) is 0 Å². The molecule has 2 atom stereocenters. The third kappa shape index (κ3) is 2.20. The Bertz CT molecular complexity index is 538. The molecule has 0 radical (unpaired) electrons. The minimum absolute atomic E-state index is 0.0388. The van der Waals surface area contributed by atoms with Crippen molar-refractivity contribution in [3.8, 4) is 0 Å². The number of hydrogen-bond acceptors (Lipinski definition) is 4. The largest absolute Gasteiger partial charge is 0.510 e. The fraction of sp³-hybridized carbons (Fsp3) is 0.438. The van der Waals surface area contributed by atoms with Crippen molar-refractivity contribution in [2.45, 2.75) is 37.9 Å². The second-order valence-corrected chi connectivity index (χ2v) is 5.46. The lowest BCUT2D eigenvalue weighted by Gasteiger charge is -2.34. The van der Waals surface area contributed by atoms with Gasteiger partial charge >= 0.3 is 5.97 Å². The molecule has 0 saturated carbocycles. The van der Waals surface area contributed by atoms with Crippen LogP contribution in [0.2, 0.25) is 0 Å². The predicted molar refractivity (Wildman–Crippen MR) is 75.1 cm³/mol. The van der Waals surface area contributed by atoms with Gasteiger partial charge < -0.3 is 9.84 Å². The summed E-state index contributed by atoms with van der Waals surface area (Å²) < 4.78 is 4.76. The Morgan fingerprint density at radius 2 is 2.10 bits per heavy atom. The molecule has 0 unspecified atom stereocenters.